The quantitative estimate of drug-likeness (QED) is 0.0205. The summed E-state index contributed by atoms with van der Waals surface area (Å²) in [5.41, 5.74) is 21.2. The number of Topliss-reactive ketones (excluding diaryl/α,β-unsaturated/α-hetero) is 1. The summed E-state index contributed by atoms with van der Waals surface area (Å²) in [6.45, 7) is 24.0. The van der Waals surface area contributed by atoms with E-state index in [1.807, 2.05) is 49.1 Å². The molecule has 8 aromatic heterocycles. The highest BCUT2D eigenvalue weighted by Crippen LogP contribution is 2.51. The summed E-state index contributed by atoms with van der Waals surface area (Å²) in [5.74, 6) is 0.809. The van der Waals surface area contributed by atoms with Crippen molar-refractivity contribution < 1.29 is 57.3 Å². The van der Waals surface area contributed by atoms with Gasteiger partial charge < -0.3 is 49.1 Å². The topological polar surface area (TPSA) is 261 Å². The lowest BCUT2D eigenvalue weighted by atomic mass is 9.76. The maximum atomic E-state index is 13.5. The molecule has 3 unspecified atom stereocenters. The van der Waals surface area contributed by atoms with Gasteiger partial charge in [0.2, 0.25) is 5.92 Å². The maximum absolute atomic E-state index is 13.5. The van der Waals surface area contributed by atoms with Gasteiger partial charge in [0.25, 0.3) is 0 Å². The van der Waals surface area contributed by atoms with Crippen LogP contribution in [0.1, 0.15) is 343 Å². The van der Waals surface area contributed by atoms with E-state index in [1.54, 1.807) is 33.4 Å². The number of methoxy groups -OCH3 is 2. The standard InChI is InChI=1S/2C30H41N3O3.C29H39N3O2.C28H36F2N4O2.CH4/c2*1-21(34)30(27-10-7-15-31-29(27)23-18-26(19-23)35-2)33-16-14-25(20-33)36-17-6-5-9-24-13-12-22-8-3-4-11-28(22)32-24;1-21(33)29(26-11-6-16-31-28(26)24-8-4-9-24)32-17-14-25(20-32)34-18-3-2-7-22-12-13-23-10-5-15-30-27(23)19-22;1-19(35)26(24-8-5-12-31-25(24)21-16-28(29,30)17-21)34-14-11-23(18-34)36-15-3-2-7-22-10-9-20-6-4-13-32-27(20)33-22;/h2*7,10,12-13,15,23,25-26,30,34H,1,3-6,8-9,11,14,16-20H2,2H3;5-6,10-11,15-16,22,24-25,29,33H,1-4,7-9,12-14,17-20H2;5,8-10,12,21,23,26H,2-4,6-7,11,13-18H2,1H3,(H,32,33);1H4/t2*23?,25-,26?,30?;22-,25-,29+;23-,26?;/m1111./s1. The molecule has 8 aromatic rings. The second-order valence-electron chi connectivity index (χ2n) is 42.5. The van der Waals surface area contributed by atoms with Crippen molar-refractivity contribution in [2.45, 2.75) is 349 Å². The number of alkyl halides is 2. The average Bonchev–Trinajstić information content (AvgIpc) is 1.51. The first-order chi connectivity index (χ1) is 69.3. The predicted octanol–water partition coefficient (Wildman–Crippen LogP) is 22.6. The lowest BCUT2D eigenvalue weighted by Crippen LogP contribution is -2.37. The zero-order valence-electron chi connectivity index (χ0n) is 84.8. The average molecular weight is 1960 g/mol. The number of nitrogens with zero attached hydrogens (tertiary/aromatic N) is 12. The van der Waals surface area contributed by atoms with E-state index in [0.29, 0.717) is 48.8 Å². The first-order valence-electron chi connectivity index (χ1n) is 54.2. The molecule has 772 valence electrons. The number of pyridine rings is 8. The molecule has 23 nitrogen and oxygen atoms in total. The molecule has 12 aliphatic rings. The third-order valence-electron chi connectivity index (χ3n) is 32.4. The van der Waals surface area contributed by atoms with Gasteiger partial charge in [-0.05, 0) is 324 Å². The van der Waals surface area contributed by atoms with Crippen LogP contribution in [0.25, 0.3) is 0 Å². The number of nitrogens with one attached hydrogen (secondary N) is 1. The number of aliphatic hydroxyl groups is 3. The SMILES string of the molecule is C.C=C(O)C(c1cccnc1C1CC(OC)C1)N1CC[C@@H](OCCCCc2ccc3c(n2)CCCC3)C1.C=C(O)C(c1cccnc1C1CC(OC)C1)N1CC[C@@H](OCCCCc2ccc3c(n2)CCCC3)C1.C=C(O)[C@@H](c1cccnc1C1CCC1)N1CC[C@@H](OCCCC[C@@H]2CCc3cccnc3C2)C1.CC(=O)C(c1cccnc1C1CC(F)(F)C1)N1CC[C@@H](OCCCCc2ccc3c(n2)NCCC3)C1. The van der Waals surface area contributed by atoms with E-state index in [-0.39, 0.29) is 91.8 Å². The molecular formula is C118H161F2N13O10. The third kappa shape index (κ3) is 28.4. The summed E-state index contributed by atoms with van der Waals surface area (Å²) in [6, 6.07) is 32.4. The molecule has 4 saturated carbocycles. The van der Waals surface area contributed by atoms with E-state index in [9.17, 15) is 28.9 Å². The number of rotatable bonds is 42. The molecule has 143 heavy (non-hydrogen) atoms. The van der Waals surface area contributed by atoms with Gasteiger partial charge in [0, 0.05) is 224 Å². The Bertz CT molecular complexity index is 5270. The molecule has 9 atom stereocenters. The summed E-state index contributed by atoms with van der Waals surface area (Å²) in [5, 5.41) is 35.1. The number of ketones is 1. The number of anilines is 1. The fraction of sp³-hybridized carbons (Fsp3) is 0.602. The van der Waals surface area contributed by atoms with Crippen molar-refractivity contribution in [2.75, 3.05) is 105 Å². The second-order valence-corrected chi connectivity index (χ2v) is 42.5. The number of hydrogen-bond acceptors (Lipinski definition) is 23. The Hall–Kier alpha value is -9.25. The van der Waals surface area contributed by atoms with Gasteiger partial charge in [-0.3, -0.25) is 59.3 Å². The number of aromatic nitrogens is 8. The number of unbranched alkanes of at least 4 members (excludes halogenated alkanes) is 4. The summed E-state index contributed by atoms with van der Waals surface area (Å²) in [7, 11) is 3.54. The first-order valence-corrected chi connectivity index (χ1v) is 54.2. The van der Waals surface area contributed by atoms with E-state index in [2.05, 4.69) is 121 Å². The lowest BCUT2D eigenvalue weighted by Gasteiger charge is -2.37. The number of aliphatic hydroxyl groups excluding tert-OH is 3. The van der Waals surface area contributed by atoms with Gasteiger partial charge in [0.15, 0.2) is 5.78 Å². The molecule has 13 heterocycles. The van der Waals surface area contributed by atoms with Gasteiger partial charge in [0.05, 0.1) is 60.8 Å². The number of fused-ring (bicyclic) bond motifs is 4. The molecule has 4 N–H and O–H groups in total. The smallest absolute Gasteiger partial charge is 0.249 e. The molecular weight excluding hydrogens is 1800 g/mol. The Morgan fingerprint density at radius 2 is 0.790 bits per heavy atom. The van der Waals surface area contributed by atoms with E-state index < -0.39 is 12.0 Å². The Balaban J connectivity index is 0.000000137. The fourth-order valence-electron chi connectivity index (χ4n) is 24.1. The molecule has 4 saturated heterocycles. The van der Waals surface area contributed by atoms with Crippen LogP contribution >= 0.6 is 0 Å². The van der Waals surface area contributed by atoms with Crippen molar-refractivity contribution in [3.63, 3.8) is 0 Å². The molecule has 20 rings (SSSR count). The van der Waals surface area contributed by atoms with Gasteiger partial charge >= 0.3 is 0 Å². The van der Waals surface area contributed by atoms with Gasteiger partial charge in [-0.15, -0.1) is 0 Å². The Morgan fingerprint density at radius 1 is 0.413 bits per heavy atom. The molecule has 0 aromatic carbocycles. The van der Waals surface area contributed by atoms with Crippen molar-refractivity contribution >= 4 is 11.6 Å². The van der Waals surface area contributed by atoms with Crippen LogP contribution in [0.2, 0.25) is 0 Å². The van der Waals surface area contributed by atoms with Crippen LogP contribution in [0.5, 0.6) is 0 Å². The molecule has 0 spiro atoms. The number of ether oxygens (including phenoxy) is 6. The van der Waals surface area contributed by atoms with Crippen LogP contribution in [0, 0.1) is 5.92 Å². The van der Waals surface area contributed by atoms with Crippen molar-refractivity contribution in [3.05, 3.63) is 267 Å². The van der Waals surface area contributed by atoms with E-state index in [1.165, 1.54) is 141 Å². The molecule has 0 bridgehead atoms. The van der Waals surface area contributed by atoms with Crippen LogP contribution in [0.4, 0.5) is 14.6 Å². The number of aryl methyl sites for hydroxylation is 9. The van der Waals surface area contributed by atoms with Crippen LogP contribution < -0.4 is 5.32 Å². The number of halogens is 2. The number of hydrogen-bond donors (Lipinski definition) is 4. The Morgan fingerprint density at radius 3 is 1.21 bits per heavy atom. The van der Waals surface area contributed by atoms with Gasteiger partial charge in [-0.25, -0.2) is 13.8 Å². The third-order valence-corrected chi connectivity index (χ3v) is 32.4. The summed E-state index contributed by atoms with van der Waals surface area (Å²) >= 11 is 0. The number of likely N-dealkylation sites (tertiary alicyclic amines) is 4. The minimum Gasteiger partial charge on any atom is -0.511 e. The van der Waals surface area contributed by atoms with Crippen molar-refractivity contribution in [2.24, 2.45) is 5.92 Å². The highest BCUT2D eigenvalue weighted by Gasteiger charge is 2.49. The normalized spacial score (nSPS) is 23.8. The lowest BCUT2D eigenvalue weighted by molar-refractivity contribution is -0.122. The zero-order valence-corrected chi connectivity index (χ0v) is 84.8. The van der Waals surface area contributed by atoms with E-state index in [4.69, 9.17) is 58.3 Å². The summed E-state index contributed by atoms with van der Waals surface area (Å²) < 4.78 is 63.0. The minimum atomic E-state index is -2.62. The van der Waals surface area contributed by atoms with Gasteiger partial charge in [-0.1, -0.05) is 88.5 Å². The van der Waals surface area contributed by atoms with E-state index >= 15 is 0 Å². The highest BCUT2D eigenvalue weighted by molar-refractivity contribution is 5.83. The Kier molecular flexibility index (Phi) is 39.0. The maximum Gasteiger partial charge on any atom is 0.249 e. The predicted molar refractivity (Wildman–Crippen MR) is 559 cm³/mol. The van der Waals surface area contributed by atoms with Crippen LogP contribution in [0.15, 0.2) is 165 Å². The van der Waals surface area contributed by atoms with Crippen molar-refractivity contribution in [1.29, 1.82) is 0 Å². The largest absolute Gasteiger partial charge is 0.511 e. The monoisotopic (exact) mass is 1960 g/mol. The highest BCUT2D eigenvalue weighted by atomic mass is 19.3. The molecule has 8 fully saturated rings. The minimum absolute atomic E-state index is 0. The molecule has 5 aliphatic heterocycles. The van der Waals surface area contributed by atoms with E-state index in [0.717, 1.165) is 270 Å². The zero-order chi connectivity index (χ0) is 98.3. The molecule has 7 aliphatic carbocycles. The summed E-state index contributed by atoms with van der Waals surface area (Å²) in [4.78, 5) is 59.5. The molecule has 0 radical (unpaired) electrons. The number of carbonyl (C=O) groups excluding carboxylic acids is 1. The second kappa shape index (κ2) is 52.4. The van der Waals surface area contributed by atoms with Crippen LogP contribution in [-0.4, -0.2) is 223 Å². The van der Waals surface area contributed by atoms with Crippen molar-refractivity contribution in [3.8, 4) is 0 Å². The molecule has 25 heteroatoms. The Labute approximate surface area is 849 Å². The number of carbonyl (C=O) groups is 1. The van der Waals surface area contributed by atoms with Gasteiger partial charge in [-0.2, -0.15) is 0 Å². The van der Waals surface area contributed by atoms with Crippen LogP contribution in [-0.2, 0) is 97.4 Å². The fourth-order valence-corrected chi connectivity index (χ4v) is 24.1. The summed E-state index contributed by atoms with van der Waals surface area (Å²) in [6.07, 6.45) is 50.1. The van der Waals surface area contributed by atoms with Crippen molar-refractivity contribution in [1.82, 2.24) is 59.5 Å². The van der Waals surface area contributed by atoms with Gasteiger partial charge in [0.1, 0.15) is 23.1 Å². The first kappa shape index (κ1) is 107. The molecule has 0 amide bonds. The van der Waals surface area contributed by atoms with Crippen LogP contribution in [0.3, 0.4) is 0 Å².